The molecule has 0 amide bonds. The summed E-state index contributed by atoms with van der Waals surface area (Å²) in [7, 11) is 0. The number of nitrogens with zero attached hydrogens (tertiary/aromatic N) is 5. The van der Waals surface area contributed by atoms with Gasteiger partial charge in [-0.1, -0.05) is 0 Å². The molecule has 124 valence electrons. The number of aliphatic hydroxyl groups excluding tert-OH is 1. The third-order valence-electron chi connectivity index (χ3n) is 3.88. The minimum atomic E-state index is -0.475. The maximum Gasteiger partial charge on any atom is 0.160 e. The highest BCUT2D eigenvalue weighted by Crippen LogP contribution is 2.15. The van der Waals surface area contributed by atoms with E-state index in [0.717, 1.165) is 18.9 Å². The zero-order valence-corrected chi connectivity index (χ0v) is 13.5. The Labute approximate surface area is 136 Å². The first-order valence-electron chi connectivity index (χ1n) is 7.95. The highest BCUT2D eigenvalue weighted by Gasteiger charge is 2.24. The molecule has 1 aliphatic rings. The summed E-state index contributed by atoms with van der Waals surface area (Å²) in [6, 6.07) is 0. The van der Waals surface area contributed by atoms with Crippen molar-refractivity contribution in [2.45, 2.75) is 38.7 Å². The Morgan fingerprint density at radius 1 is 1.17 bits per heavy atom. The molecule has 1 N–H and O–H groups in total. The molecule has 1 aliphatic heterocycles. The number of morpholine rings is 1. The van der Waals surface area contributed by atoms with Gasteiger partial charge in [-0.25, -0.2) is 9.97 Å². The maximum atomic E-state index is 10.4. The molecule has 7 nitrogen and oxygen atoms in total. The highest BCUT2D eigenvalue weighted by molar-refractivity contribution is 5.47. The molecule has 2 aromatic rings. The van der Waals surface area contributed by atoms with E-state index in [-0.39, 0.29) is 12.2 Å². The number of ether oxygens (including phenoxy) is 1. The fourth-order valence-electron chi connectivity index (χ4n) is 3.12. The van der Waals surface area contributed by atoms with Gasteiger partial charge in [0.2, 0.25) is 0 Å². The lowest BCUT2D eigenvalue weighted by atomic mass is 10.2. The summed E-state index contributed by atoms with van der Waals surface area (Å²) in [6.07, 6.45) is 8.46. The first-order chi connectivity index (χ1) is 11.1. The van der Waals surface area contributed by atoms with E-state index in [1.54, 1.807) is 24.8 Å². The van der Waals surface area contributed by atoms with E-state index in [2.05, 4.69) is 33.7 Å². The molecule has 0 spiro atoms. The Morgan fingerprint density at radius 3 is 2.65 bits per heavy atom. The van der Waals surface area contributed by atoms with Crippen LogP contribution in [0.15, 0.2) is 31.0 Å². The van der Waals surface area contributed by atoms with Gasteiger partial charge >= 0.3 is 0 Å². The van der Waals surface area contributed by atoms with Crippen molar-refractivity contribution in [3.63, 3.8) is 0 Å². The van der Waals surface area contributed by atoms with Crippen molar-refractivity contribution in [3.05, 3.63) is 31.0 Å². The van der Waals surface area contributed by atoms with Crippen LogP contribution in [0.25, 0.3) is 11.5 Å². The molecule has 0 saturated carbocycles. The third-order valence-corrected chi connectivity index (χ3v) is 3.88. The molecule has 3 heterocycles. The molecule has 0 radical (unpaired) electrons. The van der Waals surface area contributed by atoms with Crippen LogP contribution in [-0.4, -0.2) is 67.5 Å². The van der Waals surface area contributed by atoms with Gasteiger partial charge in [-0.15, -0.1) is 0 Å². The van der Waals surface area contributed by atoms with Gasteiger partial charge in [0.25, 0.3) is 0 Å². The molecule has 1 saturated heterocycles. The molecule has 2 aromatic heterocycles. The van der Waals surface area contributed by atoms with Crippen molar-refractivity contribution >= 4 is 0 Å². The molecule has 1 fully saturated rings. The molecule has 0 aromatic carbocycles. The molecular formula is C16H23N5O2. The van der Waals surface area contributed by atoms with E-state index in [9.17, 15) is 5.11 Å². The van der Waals surface area contributed by atoms with Gasteiger partial charge in [-0.05, 0) is 13.8 Å². The van der Waals surface area contributed by atoms with Crippen LogP contribution in [0.3, 0.4) is 0 Å². The van der Waals surface area contributed by atoms with E-state index >= 15 is 0 Å². The van der Waals surface area contributed by atoms with Gasteiger partial charge in [0, 0.05) is 44.4 Å². The van der Waals surface area contributed by atoms with Crippen molar-refractivity contribution < 1.29 is 9.84 Å². The van der Waals surface area contributed by atoms with Gasteiger partial charge in [0.1, 0.15) is 5.69 Å². The van der Waals surface area contributed by atoms with Crippen LogP contribution in [0.2, 0.25) is 0 Å². The van der Waals surface area contributed by atoms with Gasteiger partial charge < -0.3 is 14.4 Å². The largest absolute Gasteiger partial charge is 0.390 e. The van der Waals surface area contributed by atoms with Crippen LogP contribution >= 0.6 is 0 Å². The summed E-state index contributed by atoms with van der Waals surface area (Å²) in [5.74, 6) is 0.723. The number of aromatic nitrogens is 4. The average Bonchev–Trinajstić information content (AvgIpc) is 2.95. The Hall–Kier alpha value is -1.83. The topological polar surface area (TPSA) is 76.3 Å². The monoisotopic (exact) mass is 317 g/mol. The summed E-state index contributed by atoms with van der Waals surface area (Å²) in [5, 5.41) is 10.4. The summed E-state index contributed by atoms with van der Waals surface area (Å²) in [6.45, 7) is 6.93. The molecule has 0 aliphatic carbocycles. The predicted octanol–water partition coefficient (Wildman–Crippen LogP) is 0.810. The van der Waals surface area contributed by atoms with Gasteiger partial charge in [0.05, 0.1) is 31.1 Å². The SMILES string of the molecule is CC1CN(CC(O)Cn2ccnc2-c2cnccn2)CC(C)O1. The fourth-order valence-corrected chi connectivity index (χ4v) is 3.12. The minimum Gasteiger partial charge on any atom is -0.390 e. The van der Waals surface area contributed by atoms with Crippen LogP contribution in [0, 0.1) is 0 Å². The van der Waals surface area contributed by atoms with Gasteiger partial charge in [-0.3, -0.25) is 9.88 Å². The maximum absolute atomic E-state index is 10.4. The zero-order valence-electron chi connectivity index (χ0n) is 13.5. The van der Waals surface area contributed by atoms with E-state index in [1.807, 2.05) is 10.8 Å². The Bertz CT molecular complexity index is 608. The number of imidazole rings is 1. The lowest BCUT2D eigenvalue weighted by molar-refractivity contribution is -0.0772. The van der Waals surface area contributed by atoms with E-state index in [1.165, 1.54) is 0 Å². The highest BCUT2D eigenvalue weighted by atomic mass is 16.5. The fraction of sp³-hybridized carbons (Fsp3) is 0.562. The summed E-state index contributed by atoms with van der Waals surface area (Å²) in [5.41, 5.74) is 0.707. The Morgan fingerprint density at radius 2 is 1.96 bits per heavy atom. The van der Waals surface area contributed by atoms with Crippen LogP contribution in [0.4, 0.5) is 0 Å². The average molecular weight is 317 g/mol. The second-order valence-electron chi connectivity index (χ2n) is 6.12. The quantitative estimate of drug-likeness (QED) is 0.879. The third kappa shape index (κ3) is 4.13. The van der Waals surface area contributed by atoms with Crippen LogP contribution < -0.4 is 0 Å². The predicted molar refractivity (Wildman–Crippen MR) is 85.7 cm³/mol. The summed E-state index contributed by atoms with van der Waals surface area (Å²) in [4.78, 5) is 14.9. The lowest BCUT2D eigenvalue weighted by Crippen LogP contribution is -2.48. The molecule has 23 heavy (non-hydrogen) atoms. The number of aliphatic hydroxyl groups is 1. The Kier molecular flexibility index (Phi) is 5.00. The normalized spacial score (nSPS) is 23.8. The smallest absolute Gasteiger partial charge is 0.160 e. The first kappa shape index (κ1) is 16.0. The minimum absolute atomic E-state index is 0.203. The standard InChI is InChI=1S/C16H23N5O2/c1-12-8-20(9-13(2)23-12)10-14(22)11-21-6-5-19-16(21)15-7-17-3-4-18-15/h3-7,12-14,22H,8-11H2,1-2H3. The Balaban J connectivity index is 1.63. The van der Waals surface area contributed by atoms with Crippen LogP contribution in [0.5, 0.6) is 0 Å². The van der Waals surface area contributed by atoms with Crippen molar-refractivity contribution in [2.75, 3.05) is 19.6 Å². The molecule has 7 heteroatoms. The number of rotatable bonds is 5. The van der Waals surface area contributed by atoms with Crippen LogP contribution in [-0.2, 0) is 11.3 Å². The second kappa shape index (κ2) is 7.16. The van der Waals surface area contributed by atoms with E-state index < -0.39 is 6.10 Å². The molecular weight excluding hydrogens is 294 g/mol. The van der Waals surface area contributed by atoms with E-state index in [0.29, 0.717) is 18.8 Å². The first-order valence-corrected chi connectivity index (χ1v) is 7.95. The number of hydrogen-bond acceptors (Lipinski definition) is 6. The number of hydrogen-bond donors (Lipinski definition) is 1. The zero-order chi connectivity index (χ0) is 16.2. The molecule has 3 rings (SSSR count). The molecule has 3 atom stereocenters. The lowest BCUT2D eigenvalue weighted by Gasteiger charge is -2.36. The summed E-state index contributed by atoms with van der Waals surface area (Å²) >= 11 is 0. The van der Waals surface area contributed by atoms with Gasteiger partial charge in [0.15, 0.2) is 5.82 Å². The summed E-state index contributed by atoms with van der Waals surface area (Å²) < 4.78 is 7.65. The van der Waals surface area contributed by atoms with Crippen molar-refractivity contribution in [1.82, 2.24) is 24.4 Å². The van der Waals surface area contributed by atoms with Crippen molar-refractivity contribution in [3.8, 4) is 11.5 Å². The van der Waals surface area contributed by atoms with Crippen molar-refractivity contribution in [1.29, 1.82) is 0 Å². The van der Waals surface area contributed by atoms with E-state index in [4.69, 9.17) is 4.74 Å². The van der Waals surface area contributed by atoms with Crippen molar-refractivity contribution in [2.24, 2.45) is 0 Å². The molecule has 3 unspecified atom stereocenters. The van der Waals surface area contributed by atoms with Crippen LogP contribution in [0.1, 0.15) is 13.8 Å². The molecule has 0 bridgehead atoms. The number of β-amino-alcohol motifs (C(OH)–C–C–N with tert-alkyl or cyclic N) is 1. The van der Waals surface area contributed by atoms with Gasteiger partial charge in [-0.2, -0.15) is 0 Å². The second-order valence-corrected chi connectivity index (χ2v) is 6.12.